The topological polar surface area (TPSA) is 55.8 Å². The average molecular weight is 295 g/mol. The Bertz CT molecular complexity index is 488. The molecule has 1 aliphatic rings. The Hall–Kier alpha value is -1.50. The normalized spacial score (nSPS) is 16.9. The van der Waals surface area contributed by atoms with Gasteiger partial charge in [0, 0.05) is 38.4 Å². The van der Waals surface area contributed by atoms with Crippen LogP contribution in [-0.2, 0) is 4.79 Å². The van der Waals surface area contributed by atoms with Crippen LogP contribution in [-0.4, -0.2) is 66.7 Å². The van der Waals surface area contributed by atoms with Gasteiger partial charge in [0.2, 0.25) is 5.91 Å². The van der Waals surface area contributed by atoms with Gasteiger partial charge in [-0.3, -0.25) is 14.6 Å². The smallest absolute Gasteiger partial charge is 0.238 e. The molecule has 5 nitrogen and oxygen atoms in total. The summed E-state index contributed by atoms with van der Waals surface area (Å²) in [5.41, 5.74) is 1.05. The van der Waals surface area contributed by atoms with Crippen LogP contribution in [0.1, 0.15) is 5.56 Å². The van der Waals surface area contributed by atoms with E-state index in [1.807, 2.05) is 0 Å². The first-order chi connectivity index (χ1) is 10.1. The second-order valence-electron chi connectivity index (χ2n) is 5.35. The maximum Gasteiger partial charge on any atom is 0.238 e. The lowest BCUT2D eigenvalue weighted by molar-refractivity contribution is -0.117. The van der Waals surface area contributed by atoms with Crippen LogP contribution in [0.15, 0.2) is 18.2 Å². The number of anilines is 1. The van der Waals surface area contributed by atoms with Gasteiger partial charge >= 0.3 is 0 Å². The summed E-state index contributed by atoms with van der Waals surface area (Å²) >= 11 is 0. The minimum atomic E-state index is -0.314. The standard InChI is InChI=1S/C15H22FN3O2/c1-12-2-3-13(10-14(12)16)17-15(21)11-19-6-4-18(5-7-19)8-9-20/h2-3,10,20H,4-9,11H2,1H3,(H,17,21). The molecule has 0 bridgehead atoms. The largest absolute Gasteiger partial charge is 0.395 e. The second-order valence-corrected chi connectivity index (χ2v) is 5.35. The highest BCUT2D eigenvalue weighted by molar-refractivity contribution is 5.92. The fourth-order valence-electron chi connectivity index (χ4n) is 2.39. The van der Waals surface area contributed by atoms with Gasteiger partial charge in [-0.2, -0.15) is 0 Å². The van der Waals surface area contributed by atoms with Gasteiger partial charge in [-0.15, -0.1) is 0 Å². The zero-order valence-corrected chi connectivity index (χ0v) is 12.3. The summed E-state index contributed by atoms with van der Waals surface area (Å²) in [7, 11) is 0. The van der Waals surface area contributed by atoms with E-state index in [1.54, 1.807) is 19.1 Å². The first kappa shape index (κ1) is 15.9. The predicted octanol–water partition coefficient (Wildman–Crippen LogP) is 0.683. The molecule has 0 saturated carbocycles. The molecule has 0 spiro atoms. The Morgan fingerprint density at radius 3 is 2.57 bits per heavy atom. The first-order valence-electron chi connectivity index (χ1n) is 7.20. The van der Waals surface area contributed by atoms with Gasteiger partial charge in [0.1, 0.15) is 5.82 Å². The van der Waals surface area contributed by atoms with Gasteiger partial charge in [0.05, 0.1) is 13.2 Å². The van der Waals surface area contributed by atoms with Crippen LogP contribution in [0.2, 0.25) is 0 Å². The summed E-state index contributed by atoms with van der Waals surface area (Å²) in [6.45, 7) is 6.16. The molecular weight excluding hydrogens is 273 g/mol. The van der Waals surface area contributed by atoms with E-state index in [2.05, 4.69) is 15.1 Å². The lowest BCUT2D eigenvalue weighted by atomic mass is 10.2. The van der Waals surface area contributed by atoms with Crippen LogP contribution >= 0.6 is 0 Å². The number of nitrogens with one attached hydrogen (secondary N) is 1. The average Bonchev–Trinajstić information content (AvgIpc) is 2.45. The summed E-state index contributed by atoms with van der Waals surface area (Å²) in [5.74, 6) is -0.445. The van der Waals surface area contributed by atoms with Gasteiger partial charge in [-0.25, -0.2) is 4.39 Å². The van der Waals surface area contributed by atoms with Crippen molar-refractivity contribution in [2.75, 3.05) is 51.2 Å². The number of aryl methyl sites for hydroxylation is 1. The molecular formula is C15H22FN3O2. The minimum absolute atomic E-state index is 0.131. The highest BCUT2D eigenvalue weighted by Gasteiger charge is 2.18. The third-order valence-corrected chi connectivity index (χ3v) is 3.70. The number of nitrogens with zero attached hydrogens (tertiary/aromatic N) is 2. The minimum Gasteiger partial charge on any atom is -0.395 e. The zero-order chi connectivity index (χ0) is 15.2. The van der Waals surface area contributed by atoms with E-state index in [0.29, 0.717) is 24.3 Å². The Kier molecular flexibility index (Phi) is 5.67. The number of aliphatic hydroxyl groups is 1. The number of hydrogen-bond donors (Lipinski definition) is 2. The lowest BCUT2D eigenvalue weighted by Crippen LogP contribution is -2.49. The Morgan fingerprint density at radius 2 is 1.95 bits per heavy atom. The van der Waals surface area contributed by atoms with Crippen LogP contribution in [0.4, 0.5) is 10.1 Å². The summed E-state index contributed by atoms with van der Waals surface area (Å²) in [5, 5.41) is 11.6. The van der Waals surface area contributed by atoms with Gasteiger partial charge < -0.3 is 10.4 Å². The summed E-state index contributed by atoms with van der Waals surface area (Å²) in [6, 6.07) is 4.69. The highest BCUT2D eigenvalue weighted by atomic mass is 19.1. The molecule has 116 valence electrons. The molecule has 21 heavy (non-hydrogen) atoms. The van der Waals surface area contributed by atoms with Crippen molar-refractivity contribution in [2.45, 2.75) is 6.92 Å². The maximum absolute atomic E-state index is 13.4. The van der Waals surface area contributed by atoms with Crippen LogP contribution in [0, 0.1) is 12.7 Å². The van der Waals surface area contributed by atoms with Crippen molar-refractivity contribution < 1.29 is 14.3 Å². The van der Waals surface area contributed by atoms with Crippen LogP contribution in [0.3, 0.4) is 0 Å². The molecule has 2 rings (SSSR count). The van der Waals surface area contributed by atoms with Crippen LogP contribution in [0.5, 0.6) is 0 Å². The Balaban J connectivity index is 1.78. The number of amides is 1. The molecule has 0 radical (unpaired) electrons. The van der Waals surface area contributed by atoms with E-state index in [1.165, 1.54) is 6.07 Å². The van der Waals surface area contributed by atoms with E-state index >= 15 is 0 Å². The lowest BCUT2D eigenvalue weighted by Gasteiger charge is -2.33. The molecule has 0 unspecified atom stereocenters. The molecule has 6 heteroatoms. The zero-order valence-electron chi connectivity index (χ0n) is 12.3. The Labute approximate surface area is 124 Å². The molecule has 1 saturated heterocycles. The molecule has 1 aromatic carbocycles. The summed E-state index contributed by atoms with van der Waals surface area (Å²) < 4.78 is 13.4. The predicted molar refractivity (Wildman–Crippen MR) is 79.7 cm³/mol. The number of piperazine rings is 1. The third-order valence-electron chi connectivity index (χ3n) is 3.70. The van der Waals surface area contributed by atoms with Crippen molar-refractivity contribution in [3.05, 3.63) is 29.6 Å². The fraction of sp³-hybridized carbons (Fsp3) is 0.533. The Morgan fingerprint density at radius 1 is 1.29 bits per heavy atom. The number of halogens is 1. The number of carbonyl (C=O) groups is 1. The number of carbonyl (C=O) groups excluding carboxylic acids is 1. The second kappa shape index (κ2) is 7.49. The van der Waals surface area contributed by atoms with Gasteiger partial charge in [0.15, 0.2) is 0 Å². The monoisotopic (exact) mass is 295 g/mol. The molecule has 2 N–H and O–H groups in total. The quantitative estimate of drug-likeness (QED) is 0.839. The molecule has 1 heterocycles. The number of benzene rings is 1. The maximum atomic E-state index is 13.4. The molecule has 0 aromatic heterocycles. The molecule has 1 fully saturated rings. The molecule has 1 amide bonds. The van der Waals surface area contributed by atoms with E-state index in [-0.39, 0.29) is 18.3 Å². The number of β-amino-alcohol motifs (C(OH)–C–C–N with tert-alkyl or cyclic N) is 1. The fourth-order valence-corrected chi connectivity index (χ4v) is 2.39. The first-order valence-corrected chi connectivity index (χ1v) is 7.20. The van der Waals surface area contributed by atoms with Crippen molar-refractivity contribution in [1.82, 2.24) is 9.80 Å². The molecule has 1 aliphatic heterocycles. The van der Waals surface area contributed by atoms with E-state index < -0.39 is 0 Å². The van der Waals surface area contributed by atoms with Gasteiger partial charge in [0.25, 0.3) is 0 Å². The van der Waals surface area contributed by atoms with E-state index in [0.717, 1.165) is 26.2 Å². The van der Waals surface area contributed by atoms with E-state index in [9.17, 15) is 9.18 Å². The SMILES string of the molecule is Cc1ccc(NC(=O)CN2CCN(CCO)CC2)cc1F. The summed E-state index contributed by atoms with van der Waals surface area (Å²) in [6.07, 6.45) is 0. The molecule has 0 aliphatic carbocycles. The molecule has 0 atom stereocenters. The molecule has 1 aromatic rings. The summed E-state index contributed by atoms with van der Waals surface area (Å²) in [4.78, 5) is 16.2. The van der Waals surface area contributed by atoms with Crippen molar-refractivity contribution in [2.24, 2.45) is 0 Å². The highest BCUT2D eigenvalue weighted by Crippen LogP contribution is 2.13. The van der Waals surface area contributed by atoms with Crippen molar-refractivity contribution in [3.8, 4) is 0 Å². The number of aliphatic hydroxyl groups excluding tert-OH is 1. The van der Waals surface area contributed by atoms with Gasteiger partial charge in [-0.1, -0.05) is 6.07 Å². The number of hydrogen-bond acceptors (Lipinski definition) is 4. The van der Waals surface area contributed by atoms with Crippen LogP contribution < -0.4 is 5.32 Å². The van der Waals surface area contributed by atoms with Gasteiger partial charge in [-0.05, 0) is 24.6 Å². The van der Waals surface area contributed by atoms with Crippen molar-refractivity contribution >= 4 is 11.6 Å². The van der Waals surface area contributed by atoms with Crippen molar-refractivity contribution in [3.63, 3.8) is 0 Å². The van der Waals surface area contributed by atoms with Crippen molar-refractivity contribution in [1.29, 1.82) is 0 Å². The number of rotatable bonds is 5. The van der Waals surface area contributed by atoms with Crippen LogP contribution in [0.25, 0.3) is 0 Å². The third kappa shape index (κ3) is 4.77. The van der Waals surface area contributed by atoms with E-state index in [4.69, 9.17) is 5.11 Å².